The van der Waals surface area contributed by atoms with Crippen molar-refractivity contribution >= 4 is 0 Å². The highest BCUT2D eigenvalue weighted by Gasteiger charge is 2.59. The molecule has 2 saturated heterocycles. The van der Waals surface area contributed by atoms with Gasteiger partial charge in [0.1, 0.15) is 12.7 Å². The third kappa shape index (κ3) is 1.47. The SMILES string of the molecule is C[C@@H]1O[C@H]2C=CO[C@@]3(COC(C)(C)O3)[C@H]2O1. The number of fused-ring (bicyclic) bond motifs is 2. The summed E-state index contributed by atoms with van der Waals surface area (Å²) in [6.07, 6.45) is 2.81. The predicted molar refractivity (Wildman–Crippen MR) is 53.3 cm³/mol. The number of hydrogen-bond acceptors (Lipinski definition) is 5. The summed E-state index contributed by atoms with van der Waals surface area (Å²) in [6.45, 7) is 5.93. The largest absolute Gasteiger partial charge is 0.465 e. The van der Waals surface area contributed by atoms with Crippen molar-refractivity contribution in [3.05, 3.63) is 12.3 Å². The summed E-state index contributed by atoms with van der Waals surface area (Å²) in [6, 6.07) is 0. The smallest absolute Gasteiger partial charge is 0.265 e. The van der Waals surface area contributed by atoms with Crippen molar-refractivity contribution in [3.63, 3.8) is 0 Å². The molecule has 0 radical (unpaired) electrons. The maximum Gasteiger partial charge on any atom is 0.265 e. The number of hydrogen-bond donors (Lipinski definition) is 0. The van der Waals surface area contributed by atoms with Crippen LogP contribution in [0, 0.1) is 0 Å². The van der Waals surface area contributed by atoms with Crippen LogP contribution in [0.15, 0.2) is 12.3 Å². The van der Waals surface area contributed by atoms with Gasteiger partial charge in [-0.15, -0.1) is 0 Å². The fraction of sp³-hybridized carbons (Fsp3) is 0.818. The molecule has 3 heterocycles. The lowest BCUT2D eigenvalue weighted by atomic mass is 10.0. The van der Waals surface area contributed by atoms with Gasteiger partial charge >= 0.3 is 0 Å². The molecule has 0 N–H and O–H groups in total. The van der Waals surface area contributed by atoms with Crippen LogP contribution in [0.5, 0.6) is 0 Å². The molecule has 0 bridgehead atoms. The van der Waals surface area contributed by atoms with Gasteiger partial charge < -0.3 is 23.7 Å². The first-order valence-electron chi connectivity index (χ1n) is 5.50. The molecule has 0 unspecified atom stereocenters. The summed E-state index contributed by atoms with van der Waals surface area (Å²) >= 11 is 0. The van der Waals surface area contributed by atoms with Gasteiger partial charge in [-0.1, -0.05) is 0 Å². The van der Waals surface area contributed by atoms with Gasteiger partial charge in [0.25, 0.3) is 5.79 Å². The first kappa shape index (κ1) is 10.5. The van der Waals surface area contributed by atoms with Gasteiger partial charge in [0.15, 0.2) is 18.2 Å². The molecule has 5 heteroatoms. The van der Waals surface area contributed by atoms with Crippen molar-refractivity contribution in [3.8, 4) is 0 Å². The molecule has 5 nitrogen and oxygen atoms in total. The molecule has 3 aliphatic heterocycles. The van der Waals surface area contributed by atoms with Gasteiger partial charge in [-0.3, -0.25) is 0 Å². The third-order valence-electron chi connectivity index (χ3n) is 2.99. The van der Waals surface area contributed by atoms with Crippen LogP contribution in [0.1, 0.15) is 20.8 Å². The molecule has 90 valence electrons. The normalized spacial score (nSPS) is 49.3. The highest BCUT2D eigenvalue weighted by molar-refractivity contribution is 5.07. The molecule has 16 heavy (non-hydrogen) atoms. The fourth-order valence-electron chi connectivity index (χ4n) is 2.36. The molecule has 0 saturated carbocycles. The minimum absolute atomic E-state index is 0.124. The fourth-order valence-corrected chi connectivity index (χ4v) is 2.36. The van der Waals surface area contributed by atoms with E-state index in [2.05, 4.69) is 0 Å². The van der Waals surface area contributed by atoms with E-state index in [0.717, 1.165) is 0 Å². The molecule has 0 amide bonds. The van der Waals surface area contributed by atoms with Crippen LogP contribution in [-0.2, 0) is 23.7 Å². The van der Waals surface area contributed by atoms with Crippen LogP contribution in [0.2, 0.25) is 0 Å². The Labute approximate surface area is 94.2 Å². The van der Waals surface area contributed by atoms with Crippen molar-refractivity contribution in [1.82, 2.24) is 0 Å². The Morgan fingerprint density at radius 1 is 1.25 bits per heavy atom. The second kappa shape index (κ2) is 3.20. The monoisotopic (exact) mass is 228 g/mol. The Hall–Kier alpha value is -0.620. The van der Waals surface area contributed by atoms with Gasteiger partial charge in [0.2, 0.25) is 0 Å². The first-order valence-corrected chi connectivity index (χ1v) is 5.50. The Kier molecular flexibility index (Phi) is 2.10. The van der Waals surface area contributed by atoms with Crippen molar-refractivity contribution < 1.29 is 23.7 Å². The van der Waals surface area contributed by atoms with E-state index in [1.807, 2.05) is 26.8 Å². The Morgan fingerprint density at radius 3 is 2.75 bits per heavy atom. The van der Waals surface area contributed by atoms with Crippen LogP contribution >= 0.6 is 0 Å². The second-order valence-corrected chi connectivity index (χ2v) is 4.77. The molecule has 0 aromatic heterocycles. The molecule has 1 spiro atoms. The maximum absolute atomic E-state index is 5.84. The van der Waals surface area contributed by atoms with Gasteiger partial charge in [-0.05, 0) is 26.8 Å². The van der Waals surface area contributed by atoms with E-state index < -0.39 is 11.6 Å². The lowest BCUT2D eigenvalue weighted by molar-refractivity contribution is -0.278. The lowest BCUT2D eigenvalue weighted by Gasteiger charge is -2.36. The zero-order valence-corrected chi connectivity index (χ0v) is 9.64. The summed E-state index contributed by atoms with van der Waals surface area (Å²) in [5, 5.41) is 0. The van der Waals surface area contributed by atoms with Gasteiger partial charge in [0.05, 0.1) is 6.26 Å². The molecular formula is C11H16O5. The van der Waals surface area contributed by atoms with Crippen LogP contribution < -0.4 is 0 Å². The van der Waals surface area contributed by atoms with Gasteiger partial charge in [0, 0.05) is 0 Å². The molecule has 0 aromatic rings. The topological polar surface area (TPSA) is 46.2 Å². The van der Waals surface area contributed by atoms with Gasteiger partial charge in [-0.2, -0.15) is 0 Å². The average Bonchev–Trinajstić information content (AvgIpc) is 2.69. The van der Waals surface area contributed by atoms with Crippen molar-refractivity contribution in [2.45, 2.75) is 50.8 Å². The number of ether oxygens (including phenoxy) is 5. The molecule has 3 aliphatic rings. The molecule has 0 aliphatic carbocycles. The summed E-state index contributed by atoms with van der Waals surface area (Å²) in [5.74, 6) is -1.52. The number of rotatable bonds is 0. The van der Waals surface area contributed by atoms with E-state index in [4.69, 9.17) is 23.7 Å². The zero-order valence-electron chi connectivity index (χ0n) is 9.64. The summed E-state index contributed by atoms with van der Waals surface area (Å²) in [5.41, 5.74) is 0. The minimum atomic E-state index is -0.867. The molecular weight excluding hydrogens is 212 g/mol. The second-order valence-electron chi connectivity index (χ2n) is 4.77. The predicted octanol–water partition coefficient (Wildman–Crippen LogP) is 1.14. The van der Waals surface area contributed by atoms with Crippen molar-refractivity contribution in [1.29, 1.82) is 0 Å². The highest BCUT2D eigenvalue weighted by atomic mass is 16.9. The van der Waals surface area contributed by atoms with Crippen LogP contribution in [0.4, 0.5) is 0 Å². The van der Waals surface area contributed by atoms with E-state index >= 15 is 0 Å². The standard InChI is InChI=1S/C11H16O5/c1-7-14-8-4-5-12-11(9(8)15-7)6-13-10(2,3)16-11/h4-5,7-9H,6H2,1-3H3/t7-,8+,9+,11-/m1/s1. The summed E-state index contributed by atoms with van der Waals surface area (Å²) < 4.78 is 28.3. The molecule has 0 aromatic carbocycles. The zero-order chi connectivity index (χ0) is 11.4. The van der Waals surface area contributed by atoms with Gasteiger partial charge in [-0.25, -0.2) is 0 Å². The van der Waals surface area contributed by atoms with Crippen molar-refractivity contribution in [2.24, 2.45) is 0 Å². The quantitative estimate of drug-likeness (QED) is 0.622. The summed E-state index contributed by atoms with van der Waals surface area (Å²) in [4.78, 5) is 0. The molecule has 3 rings (SSSR count). The summed E-state index contributed by atoms with van der Waals surface area (Å²) in [7, 11) is 0. The lowest BCUT2D eigenvalue weighted by Crippen LogP contribution is -2.53. The Morgan fingerprint density at radius 2 is 2.06 bits per heavy atom. The van der Waals surface area contributed by atoms with E-state index in [-0.39, 0.29) is 18.5 Å². The Balaban J connectivity index is 1.88. The first-order chi connectivity index (χ1) is 7.51. The van der Waals surface area contributed by atoms with Crippen LogP contribution in [0.3, 0.4) is 0 Å². The van der Waals surface area contributed by atoms with Crippen LogP contribution in [0.25, 0.3) is 0 Å². The van der Waals surface area contributed by atoms with E-state index in [1.54, 1.807) is 6.26 Å². The average molecular weight is 228 g/mol. The molecule has 2 fully saturated rings. The Bertz CT molecular complexity index is 326. The van der Waals surface area contributed by atoms with Crippen molar-refractivity contribution in [2.75, 3.05) is 6.61 Å². The third-order valence-corrected chi connectivity index (χ3v) is 2.99. The maximum atomic E-state index is 5.84. The van der Waals surface area contributed by atoms with E-state index in [1.165, 1.54) is 0 Å². The highest BCUT2D eigenvalue weighted by Crippen LogP contribution is 2.42. The minimum Gasteiger partial charge on any atom is -0.465 e. The van der Waals surface area contributed by atoms with E-state index in [0.29, 0.717) is 6.61 Å². The van der Waals surface area contributed by atoms with Crippen LogP contribution in [-0.4, -0.2) is 36.7 Å². The molecule has 4 atom stereocenters. The van der Waals surface area contributed by atoms with E-state index in [9.17, 15) is 0 Å².